The number of aromatic amines is 1. The standard InChI is InChI=1S/C22H28FN5O2/c23-16-6-3-7-17-20(16)21(26-25-17)28-13-15(11-19(28)29)22(30)24-12-14-5-4-10-27-9-2-1-8-18(14)27/h3,6-7,14-15,18H,1-2,4-5,8-13H2,(H,24,30)(H,25,26)/t14-,15?,18+/m1/s1. The fraction of sp³-hybridized carbons (Fsp3) is 0.591. The van der Waals surface area contributed by atoms with Gasteiger partial charge in [-0.3, -0.25) is 19.6 Å². The summed E-state index contributed by atoms with van der Waals surface area (Å²) in [6.07, 6.45) is 6.23. The number of hydrogen-bond acceptors (Lipinski definition) is 4. The van der Waals surface area contributed by atoms with E-state index >= 15 is 0 Å². The van der Waals surface area contributed by atoms with E-state index in [-0.39, 0.29) is 30.6 Å². The molecule has 0 bridgehead atoms. The van der Waals surface area contributed by atoms with Gasteiger partial charge in [-0.05, 0) is 56.8 Å². The summed E-state index contributed by atoms with van der Waals surface area (Å²) in [6, 6.07) is 5.25. The quantitative estimate of drug-likeness (QED) is 0.807. The molecular weight excluding hydrogens is 385 g/mol. The van der Waals surface area contributed by atoms with Gasteiger partial charge in [0.15, 0.2) is 5.82 Å². The lowest BCUT2D eigenvalue weighted by Crippen LogP contribution is -2.51. The maximum absolute atomic E-state index is 14.3. The van der Waals surface area contributed by atoms with Gasteiger partial charge in [0, 0.05) is 25.6 Å². The number of fused-ring (bicyclic) bond motifs is 2. The number of halogens is 1. The van der Waals surface area contributed by atoms with Crippen LogP contribution in [0.1, 0.15) is 38.5 Å². The van der Waals surface area contributed by atoms with E-state index in [4.69, 9.17) is 0 Å². The van der Waals surface area contributed by atoms with E-state index < -0.39 is 11.7 Å². The lowest BCUT2D eigenvalue weighted by Gasteiger charge is -2.44. The van der Waals surface area contributed by atoms with Gasteiger partial charge in [-0.2, -0.15) is 5.10 Å². The van der Waals surface area contributed by atoms with Crippen LogP contribution in [0.25, 0.3) is 10.9 Å². The molecule has 5 rings (SSSR count). The van der Waals surface area contributed by atoms with Crippen LogP contribution < -0.4 is 10.2 Å². The van der Waals surface area contributed by atoms with Crippen LogP contribution in [0.3, 0.4) is 0 Å². The van der Waals surface area contributed by atoms with Crippen LogP contribution in [0.15, 0.2) is 18.2 Å². The smallest absolute Gasteiger partial charge is 0.229 e. The minimum atomic E-state index is -0.429. The molecule has 4 heterocycles. The zero-order valence-electron chi connectivity index (χ0n) is 17.1. The first-order chi connectivity index (χ1) is 14.6. The Bertz CT molecular complexity index is 958. The van der Waals surface area contributed by atoms with Gasteiger partial charge in [0.25, 0.3) is 0 Å². The van der Waals surface area contributed by atoms with Gasteiger partial charge in [-0.15, -0.1) is 0 Å². The molecule has 3 aliphatic rings. The predicted octanol–water partition coefficient (Wildman–Crippen LogP) is 2.44. The van der Waals surface area contributed by atoms with E-state index in [2.05, 4.69) is 20.4 Å². The molecule has 3 atom stereocenters. The van der Waals surface area contributed by atoms with Gasteiger partial charge >= 0.3 is 0 Å². The fourth-order valence-corrected chi connectivity index (χ4v) is 5.49. The molecule has 0 saturated carbocycles. The van der Waals surface area contributed by atoms with Crippen LogP contribution in [0.2, 0.25) is 0 Å². The molecule has 160 valence electrons. The Balaban J connectivity index is 1.23. The second-order valence-electron chi connectivity index (χ2n) is 8.86. The molecule has 3 saturated heterocycles. The zero-order valence-corrected chi connectivity index (χ0v) is 17.1. The second kappa shape index (κ2) is 7.98. The summed E-state index contributed by atoms with van der Waals surface area (Å²) in [7, 11) is 0. The van der Waals surface area contributed by atoms with E-state index in [9.17, 15) is 14.0 Å². The second-order valence-corrected chi connectivity index (χ2v) is 8.86. The number of rotatable bonds is 4. The fourth-order valence-electron chi connectivity index (χ4n) is 5.49. The third-order valence-corrected chi connectivity index (χ3v) is 7.04. The normalized spacial score (nSPS) is 27.4. The van der Waals surface area contributed by atoms with Crippen molar-refractivity contribution < 1.29 is 14.0 Å². The summed E-state index contributed by atoms with van der Waals surface area (Å²) < 4.78 is 14.3. The summed E-state index contributed by atoms with van der Waals surface area (Å²) in [4.78, 5) is 29.5. The lowest BCUT2D eigenvalue weighted by atomic mass is 9.83. The molecule has 2 aromatic rings. The topological polar surface area (TPSA) is 81.3 Å². The van der Waals surface area contributed by atoms with Gasteiger partial charge in [0.1, 0.15) is 5.82 Å². The number of carbonyl (C=O) groups excluding carboxylic acids is 2. The van der Waals surface area contributed by atoms with Crippen LogP contribution in [0.4, 0.5) is 10.2 Å². The van der Waals surface area contributed by atoms with Crippen molar-refractivity contribution in [2.24, 2.45) is 11.8 Å². The van der Waals surface area contributed by atoms with Crippen molar-refractivity contribution in [1.29, 1.82) is 0 Å². The van der Waals surface area contributed by atoms with Crippen LogP contribution in [0.5, 0.6) is 0 Å². The van der Waals surface area contributed by atoms with Gasteiger partial charge in [0.2, 0.25) is 11.8 Å². The molecule has 1 aromatic heterocycles. The maximum Gasteiger partial charge on any atom is 0.229 e. The number of anilines is 1. The highest BCUT2D eigenvalue weighted by molar-refractivity contribution is 6.05. The molecule has 30 heavy (non-hydrogen) atoms. The molecule has 8 heteroatoms. The molecule has 7 nitrogen and oxygen atoms in total. The van der Waals surface area contributed by atoms with Crippen LogP contribution in [-0.2, 0) is 9.59 Å². The molecule has 2 amide bonds. The molecule has 0 spiro atoms. The number of carbonyl (C=O) groups is 2. The average Bonchev–Trinajstić information content (AvgIpc) is 3.36. The summed E-state index contributed by atoms with van der Waals surface area (Å²) in [5.74, 6) is -0.371. The van der Waals surface area contributed by atoms with E-state index in [1.54, 1.807) is 12.1 Å². The first-order valence-corrected chi connectivity index (χ1v) is 11.1. The highest BCUT2D eigenvalue weighted by Crippen LogP contribution is 2.32. The van der Waals surface area contributed by atoms with Crippen molar-refractivity contribution in [2.45, 2.75) is 44.6 Å². The summed E-state index contributed by atoms with van der Waals surface area (Å²) >= 11 is 0. The zero-order chi connectivity index (χ0) is 20.7. The maximum atomic E-state index is 14.3. The molecule has 0 radical (unpaired) electrons. The Labute approximate surface area is 175 Å². The summed E-state index contributed by atoms with van der Waals surface area (Å²) in [6.45, 7) is 3.26. The molecule has 2 N–H and O–H groups in total. The van der Waals surface area contributed by atoms with Crippen molar-refractivity contribution in [3.63, 3.8) is 0 Å². The van der Waals surface area contributed by atoms with Gasteiger partial charge in [0.05, 0.1) is 16.8 Å². The van der Waals surface area contributed by atoms with Gasteiger partial charge < -0.3 is 10.2 Å². The first-order valence-electron chi connectivity index (χ1n) is 11.1. The monoisotopic (exact) mass is 413 g/mol. The van der Waals surface area contributed by atoms with Crippen LogP contribution >= 0.6 is 0 Å². The molecule has 0 aliphatic carbocycles. The Hall–Kier alpha value is -2.48. The van der Waals surface area contributed by atoms with Crippen molar-refractivity contribution >= 4 is 28.5 Å². The highest BCUT2D eigenvalue weighted by Gasteiger charge is 2.38. The number of hydrogen-bond donors (Lipinski definition) is 2. The van der Waals surface area contributed by atoms with E-state index in [0.29, 0.717) is 29.4 Å². The number of amides is 2. The number of piperidine rings is 2. The summed E-state index contributed by atoms with van der Waals surface area (Å²) in [5.41, 5.74) is 0.542. The van der Waals surface area contributed by atoms with Crippen LogP contribution in [-0.4, -0.2) is 59.1 Å². The lowest BCUT2D eigenvalue weighted by molar-refractivity contribution is -0.126. The Morgan fingerprint density at radius 1 is 1.23 bits per heavy atom. The van der Waals surface area contributed by atoms with Crippen molar-refractivity contribution in [3.8, 4) is 0 Å². The number of benzene rings is 1. The van der Waals surface area contributed by atoms with E-state index in [0.717, 1.165) is 6.42 Å². The van der Waals surface area contributed by atoms with E-state index in [1.807, 2.05) is 0 Å². The van der Waals surface area contributed by atoms with Gasteiger partial charge in [-0.25, -0.2) is 4.39 Å². The van der Waals surface area contributed by atoms with Crippen molar-refractivity contribution in [3.05, 3.63) is 24.0 Å². The highest BCUT2D eigenvalue weighted by atomic mass is 19.1. The third kappa shape index (κ3) is 3.47. The number of nitrogens with one attached hydrogen (secondary N) is 2. The Kier molecular flexibility index (Phi) is 5.18. The summed E-state index contributed by atoms with van der Waals surface area (Å²) in [5, 5.41) is 10.3. The minimum absolute atomic E-state index is 0.0842. The number of nitrogens with zero attached hydrogens (tertiary/aromatic N) is 3. The van der Waals surface area contributed by atoms with Gasteiger partial charge in [-0.1, -0.05) is 12.5 Å². The Morgan fingerprint density at radius 2 is 2.10 bits per heavy atom. The molecular formula is C22H28FN5O2. The van der Waals surface area contributed by atoms with E-state index in [1.165, 1.54) is 49.7 Å². The molecule has 1 unspecified atom stereocenters. The van der Waals surface area contributed by atoms with Crippen LogP contribution in [0, 0.1) is 17.7 Å². The molecule has 1 aromatic carbocycles. The Morgan fingerprint density at radius 3 is 3.00 bits per heavy atom. The SMILES string of the molecule is O=C(NC[C@H]1CCCN2CCCC[C@@H]12)C1CC(=O)N(c2n[nH]c3cccc(F)c23)C1. The average molecular weight is 413 g/mol. The largest absolute Gasteiger partial charge is 0.355 e. The number of H-pyrrole nitrogens is 1. The third-order valence-electron chi connectivity index (χ3n) is 7.04. The van der Waals surface area contributed by atoms with Crippen molar-refractivity contribution in [1.82, 2.24) is 20.4 Å². The first kappa shape index (κ1) is 19.5. The minimum Gasteiger partial charge on any atom is -0.355 e. The molecule has 3 aliphatic heterocycles. The molecule has 3 fully saturated rings. The van der Waals surface area contributed by atoms with Crippen molar-refractivity contribution in [2.75, 3.05) is 31.1 Å². The predicted molar refractivity (Wildman–Crippen MR) is 111 cm³/mol. The number of aromatic nitrogens is 2.